The number of likely N-dealkylation sites (N-methyl/N-ethyl adjacent to an activating group) is 1. The topological polar surface area (TPSA) is 66.9 Å². The smallest absolute Gasteiger partial charge is 0.237 e. The molecule has 1 aromatic carbocycles. The van der Waals surface area contributed by atoms with Crippen molar-refractivity contribution >= 4 is 15.7 Å². The summed E-state index contributed by atoms with van der Waals surface area (Å²) in [5, 5.41) is 0. The third kappa shape index (κ3) is 5.47. The summed E-state index contributed by atoms with van der Waals surface area (Å²) in [6.07, 6.45) is 3.81. The quantitative estimate of drug-likeness (QED) is 0.690. The molecule has 2 saturated heterocycles. The van der Waals surface area contributed by atoms with Crippen LogP contribution in [0.15, 0.2) is 24.3 Å². The van der Waals surface area contributed by atoms with Gasteiger partial charge >= 0.3 is 0 Å². The van der Waals surface area contributed by atoms with Crippen molar-refractivity contribution in [2.75, 3.05) is 44.8 Å². The second-order valence-corrected chi connectivity index (χ2v) is 10.2. The number of methoxy groups -OCH3 is 1. The van der Waals surface area contributed by atoms with Crippen LogP contribution in [-0.2, 0) is 21.1 Å². The fraction of sp³-hybridized carbons (Fsp3) is 0.667. The summed E-state index contributed by atoms with van der Waals surface area (Å²) >= 11 is 0. The zero-order valence-corrected chi connectivity index (χ0v) is 17.8. The van der Waals surface area contributed by atoms with E-state index in [9.17, 15) is 13.2 Å². The van der Waals surface area contributed by atoms with Crippen molar-refractivity contribution in [3.05, 3.63) is 29.8 Å². The molecule has 2 fully saturated rings. The predicted octanol–water partition coefficient (Wildman–Crippen LogP) is 1.99. The molecule has 0 aliphatic carbocycles. The van der Waals surface area contributed by atoms with Gasteiger partial charge < -0.3 is 9.64 Å². The molecule has 1 atom stereocenters. The van der Waals surface area contributed by atoms with Crippen molar-refractivity contribution in [3.8, 4) is 5.75 Å². The largest absolute Gasteiger partial charge is 0.497 e. The van der Waals surface area contributed by atoms with Gasteiger partial charge in [-0.25, -0.2) is 8.42 Å². The average Bonchev–Trinajstić information content (AvgIpc) is 3.04. The number of amides is 1. The van der Waals surface area contributed by atoms with Crippen LogP contribution in [0.5, 0.6) is 5.75 Å². The highest BCUT2D eigenvalue weighted by Gasteiger charge is 2.34. The lowest BCUT2D eigenvalue weighted by molar-refractivity contribution is -0.134. The van der Waals surface area contributed by atoms with Crippen LogP contribution < -0.4 is 4.74 Å². The van der Waals surface area contributed by atoms with Crippen LogP contribution in [0.4, 0.5) is 0 Å². The SMILES string of the molecule is CCN(C(=O)CN1CCC(Cc2ccc(OC)cc2)CC1)C1CCS(=O)(=O)C1. The molecule has 2 heterocycles. The zero-order chi connectivity index (χ0) is 20.1. The van der Waals surface area contributed by atoms with Crippen LogP contribution in [0.25, 0.3) is 0 Å². The Morgan fingerprint density at radius 1 is 1.18 bits per heavy atom. The second kappa shape index (κ2) is 9.27. The number of piperidine rings is 1. The Labute approximate surface area is 168 Å². The lowest BCUT2D eigenvalue weighted by Crippen LogP contribution is -2.47. The maximum absolute atomic E-state index is 12.8. The van der Waals surface area contributed by atoms with E-state index in [1.54, 1.807) is 12.0 Å². The Morgan fingerprint density at radius 3 is 2.39 bits per heavy atom. The van der Waals surface area contributed by atoms with Gasteiger partial charge in [-0.15, -0.1) is 0 Å². The van der Waals surface area contributed by atoms with Gasteiger partial charge in [-0.05, 0) is 69.3 Å². The minimum absolute atomic E-state index is 0.0678. The van der Waals surface area contributed by atoms with Crippen LogP contribution in [0, 0.1) is 5.92 Å². The number of nitrogens with zero attached hydrogens (tertiary/aromatic N) is 2. The van der Waals surface area contributed by atoms with Gasteiger partial charge in [0.25, 0.3) is 0 Å². The summed E-state index contributed by atoms with van der Waals surface area (Å²) in [6, 6.07) is 8.12. The van der Waals surface area contributed by atoms with Gasteiger partial charge in [0.05, 0.1) is 25.2 Å². The summed E-state index contributed by atoms with van der Waals surface area (Å²) in [6.45, 7) is 4.76. The molecule has 1 amide bonds. The first kappa shape index (κ1) is 21.1. The van der Waals surface area contributed by atoms with Crippen molar-refractivity contribution in [1.82, 2.24) is 9.80 Å². The molecule has 7 heteroatoms. The number of benzene rings is 1. The third-order valence-electron chi connectivity index (χ3n) is 6.06. The standard InChI is InChI=1S/C21H32N2O4S/c1-3-23(19-10-13-28(25,26)16-19)21(24)15-22-11-8-18(9-12-22)14-17-4-6-20(27-2)7-5-17/h4-7,18-19H,3,8-16H2,1-2H3. The number of ether oxygens (including phenoxy) is 1. The number of likely N-dealkylation sites (tertiary alicyclic amines) is 1. The lowest BCUT2D eigenvalue weighted by Gasteiger charge is -2.34. The molecule has 28 heavy (non-hydrogen) atoms. The van der Waals surface area contributed by atoms with Crippen LogP contribution in [0.3, 0.4) is 0 Å². The van der Waals surface area contributed by atoms with Crippen molar-refractivity contribution in [3.63, 3.8) is 0 Å². The van der Waals surface area contributed by atoms with E-state index in [4.69, 9.17) is 4.74 Å². The van der Waals surface area contributed by atoms with Gasteiger partial charge in [0.1, 0.15) is 5.75 Å². The molecule has 0 saturated carbocycles. The van der Waals surface area contributed by atoms with E-state index in [0.29, 0.717) is 25.4 Å². The molecule has 0 aromatic heterocycles. The molecule has 6 nitrogen and oxygen atoms in total. The molecule has 0 bridgehead atoms. The van der Waals surface area contributed by atoms with E-state index in [0.717, 1.165) is 38.1 Å². The number of rotatable bonds is 7. The first-order valence-electron chi connectivity index (χ1n) is 10.3. The molecule has 0 spiro atoms. The van der Waals surface area contributed by atoms with Gasteiger partial charge in [-0.1, -0.05) is 12.1 Å². The van der Waals surface area contributed by atoms with Gasteiger partial charge in [0.2, 0.25) is 5.91 Å². The van der Waals surface area contributed by atoms with Crippen LogP contribution in [-0.4, -0.2) is 75.0 Å². The normalized spacial score (nSPS) is 22.9. The number of hydrogen-bond acceptors (Lipinski definition) is 5. The van der Waals surface area contributed by atoms with Gasteiger partial charge in [-0.2, -0.15) is 0 Å². The van der Waals surface area contributed by atoms with E-state index in [1.807, 2.05) is 19.1 Å². The summed E-state index contributed by atoms with van der Waals surface area (Å²) < 4.78 is 28.7. The molecule has 1 unspecified atom stereocenters. The molecule has 1 aromatic rings. The minimum atomic E-state index is -2.97. The fourth-order valence-electron chi connectivity index (χ4n) is 4.39. The highest BCUT2D eigenvalue weighted by Crippen LogP contribution is 2.24. The van der Waals surface area contributed by atoms with Crippen LogP contribution >= 0.6 is 0 Å². The van der Waals surface area contributed by atoms with Gasteiger partial charge in [-0.3, -0.25) is 9.69 Å². The summed E-state index contributed by atoms with van der Waals surface area (Å²) in [4.78, 5) is 16.7. The molecule has 2 aliphatic rings. The first-order valence-corrected chi connectivity index (χ1v) is 12.1. The predicted molar refractivity (Wildman–Crippen MR) is 110 cm³/mol. The van der Waals surface area contributed by atoms with E-state index in [-0.39, 0.29) is 23.5 Å². The Balaban J connectivity index is 1.45. The minimum Gasteiger partial charge on any atom is -0.497 e. The number of sulfone groups is 1. The summed E-state index contributed by atoms with van der Waals surface area (Å²) in [5.41, 5.74) is 1.33. The molecule has 2 aliphatic heterocycles. The lowest BCUT2D eigenvalue weighted by atomic mass is 9.90. The molecule has 3 rings (SSSR count). The zero-order valence-electron chi connectivity index (χ0n) is 17.0. The van der Waals surface area contributed by atoms with Crippen LogP contribution in [0.1, 0.15) is 31.7 Å². The average molecular weight is 409 g/mol. The third-order valence-corrected chi connectivity index (χ3v) is 7.81. The Kier molecular flexibility index (Phi) is 6.99. The van der Waals surface area contributed by atoms with Crippen LogP contribution in [0.2, 0.25) is 0 Å². The molecule has 0 radical (unpaired) electrons. The van der Waals surface area contributed by atoms with E-state index in [2.05, 4.69) is 17.0 Å². The Hall–Kier alpha value is -1.60. The van der Waals surface area contributed by atoms with Gasteiger partial charge in [0, 0.05) is 12.6 Å². The molecule has 0 N–H and O–H groups in total. The van der Waals surface area contributed by atoms with Gasteiger partial charge in [0.15, 0.2) is 9.84 Å². The maximum atomic E-state index is 12.8. The number of hydrogen-bond donors (Lipinski definition) is 0. The summed E-state index contributed by atoms with van der Waals surface area (Å²) in [5.74, 6) is 1.92. The van der Waals surface area contributed by atoms with E-state index < -0.39 is 9.84 Å². The van der Waals surface area contributed by atoms with E-state index >= 15 is 0 Å². The Bertz CT molecular complexity index is 755. The van der Waals surface area contributed by atoms with Crippen molar-refractivity contribution in [2.24, 2.45) is 5.92 Å². The number of carbonyl (C=O) groups excluding carboxylic acids is 1. The van der Waals surface area contributed by atoms with Crippen molar-refractivity contribution < 1.29 is 17.9 Å². The second-order valence-electron chi connectivity index (χ2n) is 8.01. The molecule has 156 valence electrons. The molecular formula is C21H32N2O4S. The monoisotopic (exact) mass is 408 g/mol. The highest BCUT2D eigenvalue weighted by molar-refractivity contribution is 7.91. The van der Waals surface area contributed by atoms with E-state index in [1.165, 1.54) is 5.56 Å². The fourth-order valence-corrected chi connectivity index (χ4v) is 6.12. The summed E-state index contributed by atoms with van der Waals surface area (Å²) in [7, 11) is -1.30. The molecular weight excluding hydrogens is 376 g/mol. The maximum Gasteiger partial charge on any atom is 0.237 e. The van der Waals surface area contributed by atoms with Crippen molar-refractivity contribution in [2.45, 2.75) is 38.6 Å². The number of carbonyl (C=O) groups is 1. The highest BCUT2D eigenvalue weighted by atomic mass is 32.2. The van der Waals surface area contributed by atoms with Crippen molar-refractivity contribution in [1.29, 1.82) is 0 Å². The first-order chi connectivity index (χ1) is 13.4. The Morgan fingerprint density at radius 2 is 1.86 bits per heavy atom.